The number of benzene rings is 1. The number of hydrogen-bond donors (Lipinski definition) is 2. The van der Waals surface area contributed by atoms with Gasteiger partial charge in [0.15, 0.2) is 0 Å². The van der Waals surface area contributed by atoms with Crippen LogP contribution < -0.4 is 5.32 Å². The van der Waals surface area contributed by atoms with Crippen LogP contribution in [0.5, 0.6) is 0 Å². The molecule has 0 aromatic heterocycles. The summed E-state index contributed by atoms with van der Waals surface area (Å²) in [5.41, 5.74) is 1.78. The minimum absolute atomic E-state index is 0.00938. The van der Waals surface area contributed by atoms with Crippen LogP contribution >= 0.6 is 0 Å². The second-order valence-electron chi connectivity index (χ2n) is 13.5. The van der Waals surface area contributed by atoms with Gasteiger partial charge in [-0.1, -0.05) is 48.4 Å². The number of amides is 1. The summed E-state index contributed by atoms with van der Waals surface area (Å²) in [5.74, 6) is -0.773. The molecule has 1 spiro atoms. The van der Waals surface area contributed by atoms with E-state index in [1.54, 1.807) is 25.1 Å². The molecule has 0 bridgehead atoms. The first-order chi connectivity index (χ1) is 22.2. The van der Waals surface area contributed by atoms with Crippen molar-refractivity contribution in [1.82, 2.24) is 5.32 Å². The third-order valence-corrected chi connectivity index (χ3v) is 9.25. The predicted molar refractivity (Wildman–Crippen MR) is 175 cm³/mol. The number of carbonyl (C=O) groups is 3. The molecule has 10 heteroatoms. The first-order valence-corrected chi connectivity index (χ1v) is 16.6. The largest absolute Gasteiger partial charge is 0.459 e. The van der Waals surface area contributed by atoms with E-state index in [9.17, 15) is 23.9 Å². The number of rotatable bonds is 13. The SMILES string of the molecule is CC(=O)O[C@@H](C)/C=C\C(=O)N[C@@H]1C[C@H](C)[C@H](C/C=C(C)/C=C/[C@H]2O[C@H](CC(=O)CCc3cc(C)ccc3F)C[C@@]3(CO3)[C@@H]2O)O[C@@H]1C. The number of ether oxygens (including phenoxy) is 4. The van der Waals surface area contributed by atoms with Gasteiger partial charge < -0.3 is 29.4 Å². The fourth-order valence-corrected chi connectivity index (χ4v) is 6.41. The molecule has 4 rings (SSSR count). The highest BCUT2D eigenvalue weighted by atomic mass is 19.1. The van der Waals surface area contributed by atoms with Crippen molar-refractivity contribution < 1.29 is 42.8 Å². The van der Waals surface area contributed by atoms with Crippen LogP contribution in [-0.4, -0.2) is 77.6 Å². The molecule has 9 nitrogen and oxygen atoms in total. The number of Topliss-reactive ketones (excluding diaryl/α,β-unsaturated/α-hetero) is 1. The van der Waals surface area contributed by atoms with Crippen LogP contribution in [0.4, 0.5) is 4.39 Å². The molecule has 1 amide bonds. The van der Waals surface area contributed by atoms with Gasteiger partial charge >= 0.3 is 5.97 Å². The Morgan fingerprint density at radius 1 is 1.19 bits per heavy atom. The molecule has 0 saturated carbocycles. The lowest BCUT2D eigenvalue weighted by Crippen LogP contribution is -2.50. The highest BCUT2D eigenvalue weighted by Gasteiger charge is 2.58. The number of ketones is 1. The van der Waals surface area contributed by atoms with Gasteiger partial charge in [-0.25, -0.2) is 4.39 Å². The monoisotopic (exact) mass is 655 g/mol. The molecule has 0 unspecified atom stereocenters. The standard InChI is InChI=1S/C37H50FNO8/c1-22(8-14-33-24(3)18-32(26(5)46-33)39-35(42)16-10-25(4)45-27(6)40)9-15-34-36(43)37(21-44-37)20-30(47-34)19-29(41)12-11-28-17-23(2)7-13-31(28)38/h7-10,13,15-17,24-26,30,32-34,36,43H,11-12,14,18-21H2,1-6H3,(H,39,42)/b15-9+,16-10-,22-8+/t24-,25-,26+,30+,32+,33-,34+,36+,37+/m0/s1. The number of nitrogens with one attached hydrogen (secondary N) is 1. The molecule has 3 aliphatic rings. The van der Waals surface area contributed by atoms with Gasteiger partial charge in [-0.05, 0) is 70.6 Å². The van der Waals surface area contributed by atoms with E-state index in [0.29, 0.717) is 31.4 Å². The molecule has 9 atom stereocenters. The van der Waals surface area contributed by atoms with Crippen LogP contribution in [0.2, 0.25) is 0 Å². The highest BCUT2D eigenvalue weighted by molar-refractivity contribution is 5.87. The van der Waals surface area contributed by atoms with E-state index in [4.69, 9.17) is 18.9 Å². The Morgan fingerprint density at radius 3 is 2.64 bits per heavy atom. The summed E-state index contributed by atoms with van der Waals surface area (Å²) in [6, 6.07) is 4.78. The van der Waals surface area contributed by atoms with Crippen molar-refractivity contribution in [2.24, 2.45) is 5.92 Å². The molecule has 0 aliphatic carbocycles. The number of epoxide rings is 1. The average Bonchev–Trinajstić information content (AvgIpc) is 3.78. The Morgan fingerprint density at radius 2 is 1.94 bits per heavy atom. The zero-order valence-electron chi connectivity index (χ0n) is 28.4. The number of esters is 1. The van der Waals surface area contributed by atoms with Crippen LogP contribution in [-0.2, 0) is 39.8 Å². The number of carbonyl (C=O) groups excluding carboxylic acids is 3. The molecule has 3 saturated heterocycles. The van der Waals surface area contributed by atoms with Crippen LogP contribution in [0.15, 0.2) is 54.2 Å². The van der Waals surface area contributed by atoms with E-state index in [1.165, 1.54) is 19.1 Å². The van der Waals surface area contributed by atoms with Crippen molar-refractivity contribution in [3.63, 3.8) is 0 Å². The number of aliphatic hydroxyl groups is 1. The summed E-state index contributed by atoms with van der Waals surface area (Å²) >= 11 is 0. The number of aryl methyl sites for hydroxylation is 2. The van der Waals surface area contributed by atoms with E-state index >= 15 is 0 Å². The fraction of sp³-hybridized carbons (Fsp3) is 0.595. The second-order valence-corrected chi connectivity index (χ2v) is 13.5. The van der Waals surface area contributed by atoms with Crippen LogP contribution in [0.1, 0.15) is 77.8 Å². The van der Waals surface area contributed by atoms with E-state index in [1.807, 2.05) is 32.9 Å². The summed E-state index contributed by atoms with van der Waals surface area (Å²) in [7, 11) is 0. The summed E-state index contributed by atoms with van der Waals surface area (Å²) < 4.78 is 37.3. The van der Waals surface area contributed by atoms with Gasteiger partial charge in [-0.15, -0.1) is 0 Å². The van der Waals surface area contributed by atoms with Crippen LogP contribution in [0.25, 0.3) is 0 Å². The molecule has 3 aliphatic heterocycles. The van der Waals surface area contributed by atoms with Crippen molar-refractivity contribution in [3.05, 3.63) is 71.1 Å². The van der Waals surface area contributed by atoms with Crippen LogP contribution in [0.3, 0.4) is 0 Å². The van der Waals surface area contributed by atoms with Gasteiger partial charge in [-0.3, -0.25) is 14.4 Å². The summed E-state index contributed by atoms with van der Waals surface area (Å²) in [6.45, 7) is 11.4. The Kier molecular flexibility index (Phi) is 12.7. The quantitative estimate of drug-likeness (QED) is 0.132. The number of allylic oxidation sites excluding steroid dienone is 2. The molecule has 258 valence electrons. The molecule has 47 heavy (non-hydrogen) atoms. The lowest BCUT2D eigenvalue weighted by Gasteiger charge is -2.39. The minimum Gasteiger partial charge on any atom is -0.459 e. The van der Waals surface area contributed by atoms with Crippen molar-refractivity contribution in [2.45, 2.75) is 128 Å². The maximum atomic E-state index is 14.1. The Bertz CT molecular complexity index is 1370. The first-order valence-electron chi connectivity index (χ1n) is 16.6. The third kappa shape index (κ3) is 10.7. The van der Waals surface area contributed by atoms with Crippen molar-refractivity contribution in [1.29, 1.82) is 0 Å². The van der Waals surface area contributed by atoms with E-state index < -0.39 is 36.0 Å². The van der Waals surface area contributed by atoms with Gasteiger partial charge in [-0.2, -0.15) is 0 Å². The Balaban J connectivity index is 1.26. The maximum absolute atomic E-state index is 14.1. The molecule has 3 heterocycles. The lowest BCUT2D eigenvalue weighted by molar-refractivity contribution is -0.144. The number of aliphatic hydroxyl groups excluding tert-OH is 1. The van der Waals surface area contributed by atoms with Gasteiger partial charge in [0.25, 0.3) is 0 Å². The zero-order chi connectivity index (χ0) is 34.3. The van der Waals surface area contributed by atoms with Gasteiger partial charge in [0, 0.05) is 32.3 Å². The van der Waals surface area contributed by atoms with E-state index in [2.05, 4.69) is 18.3 Å². The zero-order valence-corrected chi connectivity index (χ0v) is 28.4. The summed E-state index contributed by atoms with van der Waals surface area (Å²) in [4.78, 5) is 36.3. The molecule has 1 aromatic rings. The lowest BCUT2D eigenvalue weighted by atomic mass is 9.86. The van der Waals surface area contributed by atoms with E-state index in [0.717, 1.165) is 17.6 Å². The van der Waals surface area contributed by atoms with Crippen LogP contribution in [0, 0.1) is 18.7 Å². The second kappa shape index (κ2) is 16.3. The molecule has 1 aromatic carbocycles. The minimum atomic E-state index is -0.839. The first kappa shape index (κ1) is 36.7. The highest BCUT2D eigenvalue weighted by Crippen LogP contribution is 2.43. The summed E-state index contributed by atoms with van der Waals surface area (Å²) in [5, 5.41) is 14.0. The number of halogens is 1. The molecular formula is C37H50FNO8. The van der Waals surface area contributed by atoms with Gasteiger partial charge in [0.2, 0.25) is 5.91 Å². The Hall–Kier alpha value is -3.18. The summed E-state index contributed by atoms with van der Waals surface area (Å²) in [6.07, 6.45) is 8.84. The topological polar surface area (TPSA) is 124 Å². The fourth-order valence-electron chi connectivity index (χ4n) is 6.41. The number of hydrogen-bond acceptors (Lipinski definition) is 8. The predicted octanol–water partition coefficient (Wildman–Crippen LogP) is 5.01. The normalized spacial score (nSPS) is 31.7. The van der Waals surface area contributed by atoms with Gasteiger partial charge in [0.05, 0.1) is 31.0 Å². The van der Waals surface area contributed by atoms with Crippen molar-refractivity contribution in [3.8, 4) is 0 Å². The van der Waals surface area contributed by atoms with Gasteiger partial charge in [0.1, 0.15) is 35.5 Å². The Labute approximate surface area is 277 Å². The maximum Gasteiger partial charge on any atom is 0.303 e. The van der Waals surface area contributed by atoms with Crippen molar-refractivity contribution >= 4 is 17.7 Å². The van der Waals surface area contributed by atoms with Crippen molar-refractivity contribution in [2.75, 3.05) is 6.61 Å². The molecular weight excluding hydrogens is 605 g/mol. The molecule has 0 radical (unpaired) electrons. The smallest absolute Gasteiger partial charge is 0.303 e. The average molecular weight is 656 g/mol. The molecule has 2 N–H and O–H groups in total. The van der Waals surface area contributed by atoms with E-state index in [-0.39, 0.29) is 54.5 Å². The molecule has 3 fully saturated rings. The third-order valence-electron chi connectivity index (χ3n) is 9.25.